The van der Waals surface area contributed by atoms with Crippen LogP contribution in [-0.2, 0) is 0 Å². The van der Waals surface area contributed by atoms with E-state index in [1.54, 1.807) is 60.7 Å². The van der Waals surface area contributed by atoms with E-state index in [0.717, 1.165) is 9.37 Å². The molecule has 0 radical (unpaired) electrons. The van der Waals surface area contributed by atoms with E-state index in [4.69, 9.17) is 0 Å². The first-order chi connectivity index (χ1) is 13.0. The lowest BCUT2D eigenvalue weighted by Gasteiger charge is -2.13. The minimum absolute atomic E-state index is 0.275. The number of anilines is 2. The summed E-state index contributed by atoms with van der Waals surface area (Å²) in [5.74, 6) is -1.06. The first kappa shape index (κ1) is 17.2. The van der Waals surface area contributed by atoms with Gasteiger partial charge >= 0.3 is 0 Å². The van der Waals surface area contributed by atoms with Gasteiger partial charge in [0.1, 0.15) is 0 Å². The number of fused-ring (bicyclic) bond motifs is 1. The molecule has 132 valence electrons. The van der Waals surface area contributed by atoms with E-state index in [1.807, 2.05) is 6.07 Å². The summed E-state index contributed by atoms with van der Waals surface area (Å²) < 4.78 is 0.877. The highest BCUT2D eigenvalue weighted by Crippen LogP contribution is 2.30. The Morgan fingerprint density at radius 3 is 2.19 bits per heavy atom. The molecule has 6 heteroatoms. The van der Waals surface area contributed by atoms with Crippen molar-refractivity contribution >= 4 is 45.0 Å². The van der Waals surface area contributed by atoms with E-state index in [9.17, 15) is 14.4 Å². The standard InChI is InChI=1S/C21H13BrN2O3/c22-14-8-6-13(7-9-14)19(25)23-15-10-11-17-18(12-15)21(27)24(20(17)26)16-4-2-1-3-5-16/h1-12H,(H,23,25). The molecule has 27 heavy (non-hydrogen) atoms. The number of nitrogens with one attached hydrogen (secondary N) is 1. The Morgan fingerprint density at radius 1 is 0.815 bits per heavy atom. The zero-order chi connectivity index (χ0) is 19.0. The van der Waals surface area contributed by atoms with Gasteiger partial charge in [0, 0.05) is 15.7 Å². The number of halogens is 1. The number of imide groups is 1. The predicted molar refractivity (Wildman–Crippen MR) is 106 cm³/mol. The highest BCUT2D eigenvalue weighted by atomic mass is 79.9. The molecule has 3 aromatic rings. The second-order valence-electron chi connectivity index (χ2n) is 6.00. The summed E-state index contributed by atoms with van der Waals surface area (Å²) in [5.41, 5.74) is 2.07. The average molecular weight is 421 g/mol. The van der Waals surface area contributed by atoms with Crippen LogP contribution in [0.1, 0.15) is 31.1 Å². The van der Waals surface area contributed by atoms with Crippen molar-refractivity contribution in [2.45, 2.75) is 0 Å². The van der Waals surface area contributed by atoms with Crippen LogP contribution in [0.5, 0.6) is 0 Å². The van der Waals surface area contributed by atoms with Crippen LogP contribution in [0.15, 0.2) is 77.3 Å². The number of carbonyl (C=O) groups is 3. The predicted octanol–water partition coefficient (Wildman–Crippen LogP) is 4.50. The van der Waals surface area contributed by atoms with Gasteiger partial charge in [-0.05, 0) is 54.6 Å². The van der Waals surface area contributed by atoms with Crippen molar-refractivity contribution in [3.63, 3.8) is 0 Å². The molecule has 0 atom stereocenters. The number of amides is 3. The fourth-order valence-electron chi connectivity index (χ4n) is 2.93. The van der Waals surface area contributed by atoms with Crippen LogP contribution in [0, 0.1) is 0 Å². The number of carbonyl (C=O) groups excluding carboxylic acids is 3. The molecule has 0 aliphatic carbocycles. The van der Waals surface area contributed by atoms with Crippen LogP contribution in [0.4, 0.5) is 11.4 Å². The van der Waals surface area contributed by atoms with Crippen molar-refractivity contribution < 1.29 is 14.4 Å². The lowest BCUT2D eigenvalue weighted by atomic mass is 10.1. The molecular formula is C21H13BrN2O3. The number of hydrogen-bond acceptors (Lipinski definition) is 3. The van der Waals surface area contributed by atoms with Crippen molar-refractivity contribution in [2.75, 3.05) is 10.2 Å². The summed E-state index contributed by atoms with van der Waals surface area (Å²) >= 11 is 3.33. The number of hydrogen-bond donors (Lipinski definition) is 1. The Kier molecular flexibility index (Phi) is 4.33. The molecule has 0 saturated carbocycles. The van der Waals surface area contributed by atoms with Gasteiger partial charge in [-0.2, -0.15) is 0 Å². The Balaban J connectivity index is 1.61. The molecule has 1 heterocycles. The van der Waals surface area contributed by atoms with Crippen molar-refractivity contribution in [2.24, 2.45) is 0 Å². The Hall–Kier alpha value is -3.25. The Morgan fingerprint density at radius 2 is 1.48 bits per heavy atom. The van der Waals surface area contributed by atoms with Crippen LogP contribution < -0.4 is 10.2 Å². The molecule has 0 fully saturated rings. The Labute approximate surface area is 163 Å². The molecule has 5 nitrogen and oxygen atoms in total. The lowest BCUT2D eigenvalue weighted by molar-refractivity contribution is 0.0924. The lowest BCUT2D eigenvalue weighted by Crippen LogP contribution is -2.29. The van der Waals surface area contributed by atoms with Gasteiger partial charge in [-0.3, -0.25) is 14.4 Å². The fourth-order valence-corrected chi connectivity index (χ4v) is 3.20. The van der Waals surface area contributed by atoms with Gasteiger partial charge in [-0.25, -0.2) is 4.90 Å². The van der Waals surface area contributed by atoms with Crippen molar-refractivity contribution in [3.05, 3.63) is 94.0 Å². The summed E-state index contributed by atoms with van der Waals surface area (Å²) in [7, 11) is 0. The SMILES string of the molecule is O=C(Nc1ccc2c(c1)C(=O)N(c1ccccc1)C2=O)c1ccc(Br)cc1. The van der Waals surface area contributed by atoms with Crippen LogP contribution >= 0.6 is 15.9 Å². The van der Waals surface area contributed by atoms with E-state index >= 15 is 0 Å². The zero-order valence-electron chi connectivity index (χ0n) is 14.0. The van der Waals surface area contributed by atoms with E-state index in [-0.39, 0.29) is 17.4 Å². The molecular weight excluding hydrogens is 408 g/mol. The molecule has 0 unspecified atom stereocenters. The van der Waals surface area contributed by atoms with E-state index < -0.39 is 5.91 Å². The van der Waals surface area contributed by atoms with Crippen LogP contribution in [0.25, 0.3) is 0 Å². The minimum atomic E-state index is -0.402. The molecule has 3 amide bonds. The largest absolute Gasteiger partial charge is 0.322 e. The van der Waals surface area contributed by atoms with Crippen LogP contribution in [0.2, 0.25) is 0 Å². The summed E-state index contributed by atoms with van der Waals surface area (Å²) in [4.78, 5) is 38.9. The van der Waals surface area contributed by atoms with E-state index in [1.165, 1.54) is 6.07 Å². The molecule has 3 aromatic carbocycles. The zero-order valence-corrected chi connectivity index (χ0v) is 15.6. The van der Waals surface area contributed by atoms with Gasteiger partial charge in [0.25, 0.3) is 17.7 Å². The molecule has 1 N–H and O–H groups in total. The molecule has 0 aromatic heterocycles. The third-order valence-electron chi connectivity index (χ3n) is 4.27. The summed E-state index contributed by atoms with van der Waals surface area (Å²) in [5, 5.41) is 2.76. The van der Waals surface area contributed by atoms with Gasteiger partial charge in [0.05, 0.1) is 16.8 Å². The van der Waals surface area contributed by atoms with Crippen molar-refractivity contribution in [3.8, 4) is 0 Å². The first-order valence-corrected chi connectivity index (χ1v) is 8.99. The topological polar surface area (TPSA) is 66.5 Å². The maximum absolute atomic E-state index is 12.7. The molecule has 0 bridgehead atoms. The van der Waals surface area contributed by atoms with E-state index in [0.29, 0.717) is 22.5 Å². The smallest absolute Gasteiger partial charge is 0.266 e. The second kappa shape index (κ2) is 6.81. The maximum Gasteiger partial charge on any atom is 0.266 e. The number of nitrogens with zero attached hydrogens (tertiary/aromatic N) is 1. The summed E-state index contributed by atoms with van der Waals surface area (Å²) in [6, 6.07) is 20.4. The van der Waals surface area contributed by atoms with Gasteiger partial charge < -0.3 is 5.32 Å². The quantitative estimate of drug-likeness (QED) is 0.634. The molecule has 0 spiro atoms. The monoisotopic (exact) mass is 420 g/mol. The third-order valence-corrected chi connectivity index (χ3v) is 4.79. The first-order valence-electron chi connectivity index (χ1n) is 8.19. The Bertz CT molecular complexity index is 1060. The number of rotatable bonds is 3. The van der Waals surface area contributed by atoms with Crippen LogP contribution in [0.3, 0.4) is 0 Å². The average Bonchev–Trinajstić information content (AvgIpc) is 2.93. The van der Waals surface area contributed by atoms with Crippen LogP contribution in [-0.4, -0.2) is 17.7 Å². The van der Waals surface area contributed by atoms with Gasteiger partial charge in [0.2, 0.25) is 0 Å². The summed E-state index contributed by atoms with van der Waals surface area (Å²) in [6.45, 7) is 0. The normalized spacial score (nSPS) is 12.9. The molecule has 0 saturated heterocycles. The van der Waals surface area contributed by atoms with Gasteiger partial charge in [0.15, 0.2) is 0 Å². The summed E-state index contributed by atoms with van der Waals surface area (Å²) in [6.07, 6.45) is 0. The second-order valence-corrected chi connectivity index (χ2v) is 6.92. The van der Waals surface area contributed by atoms with E-state index in [2.05, 4.69) is 21.2 Å². The highest BCUT2D eigenvalue weighted by molar-refractivity contribution is 9.10. The molecule has 4 rings (SSSR count). The number of benzene rings is 3. The van der Waals surface area contributed by atoms with Gasteiger partial charge in [-0.15, -0.1) is 0 Å². The number of para-hydroxylation sites is 1. The third kappa shape index (κ3) is 3.15. The van der Waals surface area contributed by atoms with Crippen molar-refractivity contribution in [1.82, 2.24) is 0 Å². The minimum Gasteiger partial charge on any atom is -0.322 e. The van der Waals surface area contributed by atoms with Crippen molar-refractivity contribution in [1.29, 1.82) is 0 Å². The maximum atomic E-state index is 12.7. The van der Waals surface area contributed by atoms with Gasteiger partial charge in [-0.1, -0.05) is 34.1 Å². The molecule has 1 aliphatic heterocycles. The fraction of sp³-hybridized carbons (Fsp3) is 0. The highest BCUT2D eigenvalue weighted by Gasteiger charge is 2.36. The molecule has 1 aliphatic rings.